The van der Waals surface area contributed by atoms with Crippen molar-refractivity contribution < 1.29 is 9.59 Å². The van der Waals surface area contributed by atoms with E-state index >= 15 is 0 Å². The van der Waals surface area contributed by atoms with Crippen LogP contribution in [0.4, 0.5) is 0 Å². The molecule has 1 aliphatic heterocycles. The molecule has 106 valence electrons. The third kappa shape index (κ3) is 3.24. The monoisotopic (exact) mass is 264 g/mol. The lowest BCUT2D eigenvalue weighted by Crippen LogP contribution is -2.48. The Kier molecular flexibility index (Phi) is 4.75. The van der Waals surface area contributed by atoms with Gasteiger partial charge in [0.25, 0.3) is 0 Å². The summed E-state index contributed by atoms with van der Waals surface area (Å²) >= 11 is 0. The lowest BCUT2D eigenvalue weighted by molar-refractivity contribution is -0.137. The van der Waals surface area contributed by atoms with Crippen molar-refractivity contribution >= 4 is 11.7 Å². The molecule has 0 spiro atoms. The molecule has 1 N–H and O–H groups in total. The fraction of sp³-hybridized carbons (Fsp3) is 0.733. The van der Waals surface area contributed by atoms with Gasteiger partial charge in [-0.3, -0.25) is 14.9 Å². The van der Waals surface area contributed by atoms with Crippen molar-refractivity contribution in [2.24, 2.45) is 5.92 Å². The van der Waals surface area contributed by atoms with E-state index in [-0.39, 0.29) is 23.9 Å². The summed E-state index contributed by atoms with van der Waals surface area (Å²) in [6.45, 7) is 4.03. The smallest absolute Gasteiger partial charge is 0.238 e. The first kappa shape index (κ1) is 14.3. The van der Waals surface area contributed by atoms with Crippen LogP contribution in [0.25, 0.3) is 0 Å². The minimum absolute atomic E-state index is 0.0283. The quantitative estimate of drug-likeness (QED) is 0.771. The van der Waals surface area contributed by atoms with Crippen molar-refractivity contribution in [2.75, 3.05) is 6.54 Å². The Morgan fingerprint density at radius 1 is 1.53 bits per heavy atom. The molecule has 1 aliphatic carbocycles. The van der Waals surface area contributed by atoms with Gasteiger partial charge in [-0.2, -0.15) is 0 Å². The van der Waals surface area contributed by atoms with E-state index in [2.05, 4.69) is 17.5 Å². The molecule has 1 fully saturated rings. The van der Waals surface area contributed by atoms with Gasteiger partial charge in [0.05, 0.1) is 18.8 Å². The Bertz CT molecular complexity index is 378. The summed E-state index contributed by atoms with van der Waals surface area (Å²) in [7, 11) is 0. The van der Waals surface area contributed by atoms with Gasteiger partial charge in [-0.15, -0.1) is 0 Å². The predicted molar refractivity (Wildman–Crippen MR) is 74.5 cm³/mol. The molecular formula is C15H24N2O2. The summed E-state index contributed by atoms with van der Waals surface area (Å²) < 4.78 is 0. The average Bonchev–Trinajstić information content (AvgIpc) is 2.78. The van der Waals surface area contributed by atoms with Gasteiger partial charge in [0.15, 0.2) is 5.78 Å². The second kappa shape index (κ2) is 6.33. The van der Waals surface area contributed by atoms with Crippen LogP contribution in [0.1, 0.15) is 46.0 Å². The highest BCUT2D eigenvalue weighted by atomic mass is 16.2. The molecule has 4 heteroatoms. The van der Waals surface area contributed by atoms with Crippen LogP contribution >= 0.6 is 0 Å². The molecule has 3 atom stereocenters. The third-order valence-electron chi connectivity index (χ3n) is 4.24. The topological polar surface area (TPSA) is 49.4 Å². The Morgan fingerprint density at radius 2 is 2.32 bits per heavy atom. The van der Waals surface area contributed by atoms with Gasteiger partial charge in [0, 0.05) is 0 Å². The summed E-state index contributed by atoms with van der Waals surface area (Å²) in [5.74, 6) is 0.716. The van der Waals surface area contributed by atoms with Crippen LogP contribution in [-0.4, -0.2) is 35.3 Å². The van der Waals surface area contributed by atoms with Crippen LogP contribution in [0.3, 0.4) is 0 Å². The normalized spacial score (nSPS) is 28.7. The SMILES string of the molecule is CCC1NCC(=O)N1[C@@H](CC1CC=CCC1)C(C)=O. The first-order valence-electron chi connectivity index (χ1n) is 7.33. The summed E-state index contributed by atoms with van der Waals surface area (Å²) in [5.41, 5.74) is 0. The third-order valence-corrected chi connectivity index (χ3v) is 4.24. The van der Waals surface area contributed by atoms with E-state index in [1.165, 1.54) is 0 Å². The fourth-order valence-electron chi connectivity index (χ4n) is 3.16. The van der Waals surface area contributed by atoms with E-state index < -0.39 is 0 Å². The van der Waals surface area contributed by atoms with Gasteiger partial charge in [0.1, 0.15) is 0 Å². The van der Waals surface area contributed by atoms with Crippen LogP contribution in [-0.2, 0) is 9.59 Å². The lowest BCUT2D eigenvalue weighted by atomic mass is 9.87. The number of amides is 1. The van der Waals surface area contributed by atoms with Crippen molar-refractivity contribution in [2.45, 2.75) is 58.2 Å². The molecule has 2 rings (SSSR count). The average molecular weight is 264 g/mol. The number of carbonyl (C=O) groups is 2. The van der Waals surface area contributed by atoms with Gasteiger partial charge in [0.2, 0.25) is 5.91 Å². The van der Waals surface area contributed by atoms with Crippen molar-refractivity contribution in [3.63, 3.8) is 0 Å². The molecule has 0 aromatic heterocycles. The van der Waals surface area contributed by atoms with Crippen molar-refractivity contribution in [1.82, 2.24) is 10.2 Å². The zero-order valence-corrected chi connectivity index (χ0v) is 11.9. The molecule has 19 heavy (non-hydrogen) atoms. The maximum Gasteiger partial charge on any atom is 0.238 e. The Morgan fingerprint density at radius 3 is 2.89 bits per heavy atom. The number of Topliss-reactive ketones (excluding diaryl/α,β-unsaturated/α-hetero) is 1. The van der Waals surface area contributed by atoms with E-state index in [0.29, 0.717) is 12.5 Å². The highest BCUT2D eigenvalue weighted by Crippen LogP contribution is 2.27. The van der Waals surface area contributed by atoms with Crippen LogP contribution in [0, 0.1) is 5.92 Å². The molecule has 0 aromatic rings. The Hall–Kier alpha value is -1.16. The number of hydrogen-bond acceptors (Lipinski definition) is 3. The van der Waals surface area contributed by atoms with Gasteiger partial charge in [-0.1, -0.05) is 19.1 Å². The standard InChI is InChI=1S/C15H24N2O2/c1-3-14-16-10-15(19)17(14)13(11(2)18)9-12-7-5-4-6-8-12/h4-5,12-14,16H,3,6-10H2,1-2H3/t12?,13-,14?/m0/s1. The summed E-state index contributed by atoms with van der Waals surface area (Å²) in [6.07, 6.45) is 9.36. The lowest BCUT2D eigenvalue weighted by Gasteiger charge is -2.33. The maximum absolute atomic E-state index is 12.0. The number of nitrogens with zero attached hydrogens (tertiary/aromatic N) is 1. The molecule has 0 aromatic carbocycles. The number of nitrogens with one attached hydrogen (secondary N) is 1. The predicted octanol–water partition coefficient (Wildman–Crippen LogP) is 1.86. The second-order valence-corrected chi connectivity index (χ2v) is 5.62. The van der Waals surface area contributed by atoms with Crippen LogP contribution in [0.15, 0.2) is 12.2 Å². The number of carbonyl (C=O) groups excluding carboxylic acids is 2. The molecule has 2 aliphatic rings. The van der Waals surface area contributed by atoms with Gasteiger partial charge >= 0.3 is 0 Å². The highest BCUT2D eigenvalue weighted by molar-refractivity contribution is 5.89. The number of ketones is 1. The molecule has 0 bridgehead atoms. The molecule has 1 saturated heterocycles. The highest BCUT2D eigenvalue weighted by Gasteiger charge is 2.37. The minimum Gasteiger partial charge on any atom is -0.316 e. The number of rotatable bonds is 5. The van der Waals surface area contributed by atoms with Crippen LogP contribution in [0.5, 0.6) is 0 Å². The second-order valence-electron chi connectivity index (χ2n) is 5.62. The van der Waals surface area contributed by atoms with Crippen molar-refractivity contribution in [3.8, 4) is 0 Å². The molecule has 0 radical (unpaired) electrons. The van der Waals surface area contributed by atoms with E-state index in [0.717, 1.165) is 32.1 Å². The van der Waals surface area contributed by atoms with Gasteiger partial charge in [-0.05, 0) is 44.9 Å². The van der Waals surface area contributed by atoms with E-state index in [1.54, 1.807) is 11.8 Å². The van der Waals surface area contributed by atoms with Crippen molar-refractivity contribution in [1.29, 1.82) is 0 Å². The van der Waals surface area contributed by atoms with E-state index in [9.17, 15) is 9.59 Å². The molecule has 1 amide bonds. The molecule has 1 heterocycles. The van der Waals surface area contributed by atoms with E-state index in [1.807, 2.05) is 6.92 Å². The zero-order valence-electron chi connectivity index (χ0n) is 11.9. The Labute approximate surface area is 115 Å². The molecule has 0 saturated carbocycles. The fourth-order valence-corrected chi connectivity index (χ4v) is 3.16. The van der Waals surface area contributed by atoms with Gasteiger partial charge < -0.3 is 4.90 Å². The summed E-state index contributed by atoms with van der Waals surface area (Å²) in [4.78, 5) is 25.8. The summed E-state index contributed by atoms with van der Waals surface area (Å²) in [5, 5.41) is 3.19. The molecular weight excluding hydrogens is 240 g/mol. The first-order chi connectivity index (χ1) is 9.13. The number of hydrogen-bond donors (Lipinski definition) is 1. The summed E-state index contributed by atoms with van der Waals surface area (Å²) in [6, 6.07) is -0.246. The van der Waals surface area contributed by atoms with Crippen molar-refractivity contribution in [3.05, 3.63) is 12.2 Å². The molecule has 4 nitrogen and oxygen atoms in total. The minimum atomic E-state index is -0.246. The maximum atomic E-state index is 12.0. The Balaban J connectivity index is 2.08. The largest absolute Gasteiger partial charge is 0.316 e. The van der Waals surface area contributed by atoms with Crippen LogP contribution < -0.4 is 5.32 Å². The van der Waals surface area contributed by atoms with Gasteiger partial charge in [-0.25, -0.2) is 0 Å². The molecule has 2 unspecified atom stereocenters. The number of allylic oxidation sites excluding steroid dienone is 2. The first-order valence-corrected chi connectivity index (χ1v) is 7.33. The van der Waals surface area contributed by atoms with Crippen LogP contribution in [0.2, 0.25) is 0 Å². The van der Waals surface area contributed by atoms with E-state index in [4.69, 9.17) is 0 Å². The zero-order chi connectivity index (χ0) is 13.8.